The topological polar surface area (TPSA) is 80.9 Å². The molecule has 1 saturated carbocycles. The van der Waals surface area contributed by atoms with E-state index in [0.29, 0.717) is 55.3 Å². The molecule has 1 aromatic carbocycles. The zero-order chi connectivity index (χ0) is 26.0. The molecule has 1 aliphatic carbocycles. The highest BCUT2D eigenvalue weighted by Crippen LogP contribution is 2.47. The second-order valence-corrected chi connectivity index (χ2v) is 9.74. The summed E-state index contributed by atoms with van der Waals surface area (Å²) in [5, 5.41) is 0. The first-order chi connectivity index (χ1) is 17.1. The Morgan fingerprint density at radius 2 is 1.92 bits per heavy atom. The standard InChI is InChI=1S/C26H33F3N4O3/c1-16(2)21-15-32(11-12-33(21)23(34)10-13-35-3)25-20(30)14-19(24(31-25)17-8-9-17)18-6-4-5-7-22(18)36-26(27,28)29/h4-7,14,16-17,21H,8-13,15,30H2,1-3H3/t21-/m0/s1. The number of nitrogens with zero attached hydrogens (tertiary/aromatic N) is 3. The molecule has 36 heavy (non-hydrogen) atoms. The predicted molar refractivity (Wildman–Crippen MR) is 132 cm³/mol. The van der Waals surface area contributed by atoms with Gasteiger partial charge in [-0.15, -0.1) is 13.2 Å². The van der Waals surface area contributed by atoms with Crippen molar-refractivity contribution >= 4 is 17.4 Å². The quantitative estimate of drug-likeness (QED) is 0.553. The van der Waals surface area contributed by atoms with Crippen molar-refractivity contribution in [3.63, 3.8) is 0 Å². The van der Waals surface area contributed by atoms with E-state index in [1.165, 1.54) is 12.1 Å². The number of piperazine rings is 1. The van der Waals surface area contributed by atoms with Crippen LogP contribution in [0.3, 0.4) is 0 Å². The molecule has 1 saturated heterocycles. The molecule has 0 radical (unpaired) electrons. The average Bonchev–Trinajstić information content (AvgIpc) is 3.67. The van der Waals surface area contributed by atoms with Crippen molar-refractivity contribution in [2.45, 2.75) is 51.4 Å². The first kappa shape index (κ1) is 26.1. The molecule has 0 unspecified atom stereocenters. The minimum absolute atomic E-state index is 0.0192. The van der Waals surface area contributed by atoms with E-state index in [2.05, 4.69) is 23.5 Å². The third-order valence-corrected chi connectivity index (χ3v) is 6.76. The summed E-state index contributed by atoms with van der Waals surface area (Å²) in [6.07, 6.45) is -2.63. The maximum atomic E-state index is 13.0. The lowest BCUT2D eigenvalue weighted by Crippen LogP contribution is -2.57. The van der Waals surface area contributed by atoms with Crippen molar-refractivity contribution in [2.75, 3.05) is 44.0 Å². The van der Waals surface area contributed by atoms with Gasteiger partial charge in [0.05, 0.1) is 30.5 Å². The number of benzene rings is 1. The summed E-state index contributed by atoms with van der Waals surface area (Å²) in [7, 11) is 1.58. The van der Waals surface area contributed by atoms with E-state index in [-0.39, 0.29) is 29.5 Å². The van der Waals surface area contributed by atoms with Gasteiger partial charge in [-0.05, 0) is 30.9 Å². The molecule has 1 atom stereocenters. The second kappa shape index (κ2) is 10.5. The number of ether oxygens (including phenoxy) is 2. The summed E-state index contributed by atoms with van der Waals surface area (Å²) in [5.41, 5.74) is 8.47. The number of nitrogens with two attached hydrogens (primary N) is 1. The zero-order valence-electron chi connectivity index (χ0n) is 20.8. The molecule has 2 heterocycles. The van der Waals surface area contributed by atoms with Gasteiger partial charge in [0.1, 0.15) is 5.75 Å². The lowest BCUT2D eigenvalue weighted by atomic mass is 9.97. The molecule has 2 N–H and O–H groups in total. The number of hydrogen-bond donors (Lipinski definition) is 1. The number of anilines is 2. The number of nitrogen functional groups attached to an aromatic ring is 1. The van der Waals surface area contributed by atoms with E-state index in [9.17, 15) is 18.0 Å². The van der Waals surface area contributed by atoms with Gasteiger partial charge in [-0.3, -0.25) is 4.79 Å². The molecular formula is C26H33F3N4O3. The number of rotatable bonds is 8. The van der Waals surface area contributed by atoms with Crippen molar-refractivity contribution in [1.82, 2.24) is 9.88 Å². The number of carbonyl (C=O) groups is 1. The summed E-state index contributed by atoms with van der Waals surface area (Å²) in [5.74, 6) is 0.782. The van der Waals surface area contributed by atoms with Crippen LogP contribution in [0.4, 0.5) is 24.7 Å². The Balaban J connectivity index is 1.66. The summed E-state index contributed by atoms with van der Waals surface area (Å²) in [6.45, 7) is 6.22. The molecule has 1 amide bonds. The molecule has 0 spiro atoms. The molecule has 7 nitrogen and oxygen atoms in total. The lowest BCUT2D eigenvalue weighted by Gasteiger charge is -2.44. The van der Waals surface area contributed by atoms with Crippen LogP contribution in [0.1, 0.15) is 44.7 Å². The SMILES string of the molecule is COCCC(=O)N1CCN(c2nc(C3CC3)c(-c3ccccc3OC(F)(F)F)cc2N)C[C@H]1C(C)C. The molecule has 196 valence electrons. The number of alkyl halides is 3. The van der Waals surface area contributed by atoms with Crippen LogP contribution in [0, 0.1) is 5.92 Å². The average molecular weight is 507 g/mol. The fourth-order valence-corrected chi connectivity index (χ4v) is 4.79. The minimum atomic E-state index is -4.80. The number of halogens is 3. The molecule has 2 aliphatic rings. The first-order valence-corrected chi connectivity index (χ1v) is 12.3. The van der Waals surface area contributed by atoms with E-state index < -0.39 is 6.36 Å². The van der Waals surface area contributed by atoms with Crippen LogP contribution < -0.4 is 15.4 Å². The lowest BCUT2D eigenvalue weighted by molar-refractivity contribution is -0.274. The Labute approximate surface area is 209 Å². The maximum Gasteiger partial charge on any atom is 0.573 e. The number of carbonyl (C=O) groups excluding carboxylic acids is 1. The third kappa shape index (κ3) is 5.86. The Bertz CT molecular complexity index is 1090. The van der Waals surface area contributed by atoms with Crippen molar-refractivity contribution in [1.29, 1.82) is 0 Å². The van der Waals surface area contributed by atoms with E-state index >= 15 is 0 Å². The Morgan fingerprint density at radius 1 is 1.19 bits per heavy atom. The fourth-order valence-electron chi connectivity index (χ4n) is 4.79. The van der Waals surface area contributed by atoms with Crippen molar-refractivity contribution in [3.8, 4) is 16.9 Å². The molecule has 2 aromatic rings. The van der Waals surface area contributed by atoms with Crippen LogP contribution >= 0.6 is 0 Å². The minimum Gasteiger partial charge on any atom is -0.405 e. The van der Waals surface area contributed by atoms with E-state index in [1.54, 1.807) is 25.3 Å². The number of hydrogen-bond acceptors (Lipinski definition) is 6. The van der Waals surface area contributed by atoms with E-state index in [4.69, 9.17) is 15.5 Å². The van der Waals surface area contributed by atoms with Crippen LogP contribution in [-0.2, 0) is 9.53 Å². The molecule has 1 aromatic heterocycles. The van der Waals surface area contributed by atoms with Gasteiger partial charge in [-0.25, -0.2) is 4.98 Å². The Hall–Kier alpha value is -3.01. The zero-order valence-corrected chi connectivity index (χ0v) is 20.8. The van der Waals surface area contributed by atoms with Crippen molar-refractivity contribution in [3.05, 3.63) is 36.0 Å². The number of amides is 1. The molecule has 4 rings (SSSR count). The van der Waals surface area contributed by atoms with Gasteiger partial charge in [0.15, 0.2) is 5.82 Å². The number of methoxy groups -OCH3 is 1. The Morgan fingerprint density at radius 3 is 2.56 bits per heavy atom. The smallest absolute Gasteiger partial charge is 0.405 e. The van der Waals surface area contributed by atoms with Gasteiger partial charge >= 0.3 is 6.36 Å². The van der Waals surface area contributed by atoms with Crippen molar-refractivity contribution in [2.24, 2.45) is 5.92 Å². The fraction of sp³-hybridized carbons (Fsp3) is 0.538. The van der Waals surface area contributed by atoms with Crippen LogP contribution in [0.25, 0.3) is 11.1 Å². The predicted octanol–water partition coefficient (Wildman–Crippen LogP) is 4.82. The van der Waals surface area contributed by atoms with Crippen LogP contribution in [0.2, 0.25) is 0 Å². The van der Waals surface area contributed by atoms with Crippen molar-refractivity contribution < 1.29 is 27.4 Å². The highest BCUT2D eigenvalue weighted by molar-refractivity contribution is 5.80. The maximum absolute atomic E-state index is 13.0. The number of pyridine rings is 1. The Kier molecular flexibility index (Phi) is 7.63. The van der Waals surface area contributed by atoms with Gasteiger partial charge in [-0.2, -0.15) is 0 Å². The summed E-state index contributed by atoms with van der Waals surface area (Å²) in [6, 6.07) is 7.78. The summed E-state index contributed by atoms with van der Waals surface area (Å²) in [4.78, 5) is 21.7. The van der Waals surface area contributed by atoms with Gasteiger partial charge in [0.2, 0.25) is 5.91 Å². The van der Waals surface area contributed by atoms with Gasteiger partial charge in [0.25, 0.3) is 0 Å². The number of aromatic nitrogens is 1. The third-order valence-electron chi connectivity index (χ3n) is 6.76. The van der Waals surface area contributed by atoms with Gasteiger partial charge in [0, 0.05) is 43.8 Å². The number of para-hydroxylation sites is 1. The van der Waals surface area contributed by atoms with E-state index in [1.807, 2.05) is 4.90 Å². The highest BCUT2D eigenvalue weighted by Gasteiger charge is 2.36. The monoisotopic (exact) mass is 506 g/mol. The summed E-state index contributed by atoms with van der Waals surface area (Å²) >= 11 is 0. The molecule has 10 heteroatoms. The first-order valence-electron chi connectivity index (χ1n) is 12.3. The molecular weight excluding hydrogens is 473 g/mol. The normalized spacial score (nSPS) is 18.6. The van der Waals surface area contributed by atoms with Crippen LogP contribution in [0.15, 0.2) is 30.3 Å². The molecule has 1 aliphatic heterocycles. The molecule has 0 bridgehead atoms. The van der Waals surface area contributed by atoms with E-state index in [0.717, 1.165) is 18.5 Å². The highest BCUT2D eigenvalue weighted by atomic mass is 19.4. The van der Waals surface area contributed by atoms with Gasteiger partial charge < -0.3 is 25.0 Å². The van der Waals surface area contributed by atoms with Crippen LogP contribution in [0.5, 0.6) is 5.75 Å². The summed E-state index contributed by atoms with van der Waals surface area (Å²) < 4.78 is 48.5. The largest absolute Gasteiger partial charge is 0.573 e. The molecule has 2 fully saturated rings. The van der Waals surface area contributed by atoms with Gasteiger partial charge in [-0.1, -0.05) is 32.0 Å². The second-order valence-electron chi connectivity index (χ2n) is 9.74. The van der Waals surface area contributed by atoms with Crippen LogP contribution in [-0.4, -0.2) is 61.5 Å².